The number of hydrogen-bond donors (Lipinski definition) is 1. The number of nitrogens with zero attached hydrogens (tertiary/aromatic N) is 2. The van der Waals surface area contributed by atoms with Crippen LogP contribution in [0.25, 0.3) is 17.0 Å². The molecule has 1 aliphatic rings. The minimum absolute atomic E-state index is 0.135. The lowest BCUT2D eigenvalue weighted by atomic mass is 9.86. The lowest BCUT2D eigenvalue weighted by molar-refractivity contribution is -0.118. The molecule has 0 unspecified atom stereocenters. The Hall–Kier alpha value is -3.03. The van der Waals surface area contributed by atoms with Crippen molar-refractivity contribution in [3.8, 4) is 6.07 Å². The molecule has 1 N–H and O–H groups in total. The van der Waals surface area contributed by atoms with Gasteiger partial charge in [0.25, 0.3) is 5.91 Å². The van der Waals surface area contributed by atoms with E-state index in [1.54, 1.807) is 6.08 Å². The molecule has 3 aromatic rings. The predicted molar refractivity (Wildman–Crippen MR) is 130 cm³/mol. The zero-order valence-corrected chi connectivity index (χ0v) is 19.3. The number of nitrogens with one attached hydrogen (secondary N) is 1. The summed E-state index contributed by atoms with van der Waals surface area (Å²) < 4.78 is 2.19. The molecule has 2 atom stereocenters. The lowest BCUT2D eigenvalue weighted by Crippen LogP contribution is -2.41. The van der Waals surface area contributed by atoms with Crippen LogP contribution in [0.2, 0.25) is 5.02 Å². The van der Waals surface area contributed by atoms with E-state index in [9.17, 15) is 10.1 Å². The van der Waals surface area contributed by atoms with Crippen LogP contribution in [-0.2, 0) is 11.3 Å². The Labute approximate surface area is 194 Å². The maximum atomic E-state index is 13.0. The Morgan fingerprint density at radius 3 is 2.66 bits per heavy atom. The highest BCUT2D eigenvalue weighted by molar-refractivity contribution is 6.31. The number of benzene rings is 2. The van der Waals surface area contributed by atoms with Crippen molar-refractivity contribution >= 4 is 34.5 Å². The third-order valence-corrected chi connectivity index (χ3v) is 7.02. The van der Waals surface area contributed by atoms with Crippen LogP contribution in [0, 0.1) is 24.2 Å². The molecule has 1 heterocycles. The molecule has 164 valence electrons. The summed E-state index contributed by atoms with van der Waals surface area (Å²) >= 11 is 6.42. The number of amides is 1. The molecule has 0 radical (unpaired) electrons. The second kappa shape index (κ2) is 9.63. The molecule has 2 aromatic carbocycles. The molecule has 1 amide bonds. The summed E-state index contributed by atoms with van der Waals surface area (Å²) in [6, 6.07) is 18.2. The fourth-order valence-electron chi connectivity index (χ4n) is 4.71. The molecule has 1 fully saturated rings. The maximum Gasteiger partial charge on any atom is 0.262 e. The Morgan fingerprint density at radius 1 is 1.19 bits per heavy atom. The first-order valence-electron chi connectivity index (χ1n) is 11.2. The monoisotopic (exact) mass is 445 g/mol. The Morgan fingerprint density at radius 2 is 1.91 bits per heavy atom. The third kappa shape index (κ3) is 4.45. The maximum absolute atomic E-state index is 13.0. The largest absolute Gasteiger partial charge is 0.348 e. The quantitative estimate of drug-likeness (QED) is 0.372. The second-order valence-corrected chi connectivity index (χ2v) is 9.11. The van der Waals surface area contributed by atoms with Crippen LogP contribution in [0.5, 0.6) is 0 Å². The average molecular weight is 446 g/mol. The van der Waals surface area contributed by atoms with Gasteiger partial charge in [0.15, 0.2) is 0 Å². The van der Waals surface area contributed by atoms with E-state index in [-0.39, 0.29) is 17.5 Å². The van der Waals surface area contributed by atoms with Gasteiger partial charge in [-0.15, -0.1) is 0 Å². The van der Waals surface area contributed by atoms with Gasteiger partial charge in [-0.3, -0.25) is 4.79 Å². The Kier molecular flexibility index (Phi) is 6.67. The molecular weight excluding hydrogens is 418 g/mol. The van der Waals surface area contributed by atoms with Crippen LogP contribution >= 0.6 is 11.6 Å². The third-order valence-electron chi connectivity index (χ3n) is 6.65. The number of carbonyl (C=O) groups is 1. The predicted octanol–water partition coefficient (Wildman–Crippen LogP) is 6.25. The highest BCUT2D eigenvalue weighted by Gasteiger charge is 2.24. The van der Waals surface area contributed by atoms with Gasteiger partial charge in [0.2, 0.25) is 0 Å². The van der Waals surface area contributed by atoms with Crippen molar-refractivity contribution in [2.45, 2.75) is 52.1 Å². The highest BCUT2D eigenvalue weighted by Crippen LogP contribution is 2.30. The zero-order valence-electron chi connectivity index (χ0n) is 18.6. The van der Waals surface area contributed by atoms with Crippen molar-refractivity contribution in [2.75, 3.05) is 0 Å². The summed E-state index contributed by atoms with van der Waals surface area (Å²) in [6.07, 6.45) is 6.16. The Bertz CT molecular complexity index is 1220. The average Bonchev–Trinajstić information content (AvgIpc) is 3.06. The summed E-state index contributed by atoms with van der Waals surface area (Å²) in [5.41, 5.74) is 4.12. The standard InChI is InChI=1S/C27H28ClN3O/c1-18-9-3-7-13-25(18)30-27(32)21(16-29)15-23-19(2)31(26-14-8-5-11-22(23)26)17-20-10-4-6-12-24(20)28/h4-6,8,10-12,14-15,18,25H,3,7,9,13,17H2,1-2H3,(H,30,32)/b21-15+/t18-,25+/m1/s1. The summed E-state index contributed by atoms with van der Waals surface area (Å²) in [7, 11) is 0. The van der Waals surface area contributed by atoms with Gasteiger partial charge in [-0.25, -0.2) is 0 Å². The first kappa shape index (κ1) is 22.2. The normalized spacial score (nSPS) is 19.0. The van der Waals surface area contributed by atoms with E-state index in [0.717, 1.165) is 52.0 Å². The topological polar surface area (TPSA) is 57.8 Å². The van der Waals surface area contributed by atoms with Gasteiger partial charge >= 0.3 is 0 Å². The van der Waals surface area contributed by atoms with Crippen LogP contribution in [0.1, 0.15) is 49.4 Å². The van der Waals surface area contributed by atoms with Crippen molar-refractivity contribution in [1.82, 2.24) is 9.88 Å². The molecule has 0 saturated heterocycles. The van der Waals surface area contributed by atoms with E-state index >= 15 is 0 Å². The van der Waals surface area contributed by atoms with E-state index in [0.29, 0.717) is 12.5 Å². The molecule has 0 spiro atoms. The number of fused-ring (bicyclic) bond motifs is 1. The minimum atomic E-state index is -0.284. The molecule has 4 rings (SSSR count). The van der Waals surface area contributed by atoms with Gasteiger partial charge in [-0.2, -0.15) is 5.26 Å². The van der Waals surface area contributed by atoms with Crippen molar-refractivity contribution in [3.63, 3.8) is 0 Å². The van der Waals surface area contributed by atoms with E-state index in [1.807, 2.05) is 49.4 Å². The molecule has 32 heavy (non-hydrogen) atoms. The van der Waals surface area contributed by atoms with Crippen molar-refractivity contribution in [3.05, 3.63) is 75.9 Å². The van der Waals surface area contributed by atoms with E-state index in [2.05, 4.69) is 28.9 Å². The van der Waals surface area contributed by atoms with Crippen LogP contribution < -0.4 is 5.32 Å². The molecule has 0 bridgehead atoms. The van der Waals surface area contributed by atoms with Crippen LogP contribution in [0.4, 0.5) is 0 Å². The van der Waals surface area contributed by atoms with Crippen LogP contribution in [0.3, 0.4) is 0 Å². The summed E-state index contributed by atoms with van der Waals surface area (Å²) in [6.45, 7) is 4.82. The van der Waals surface area contributed by atoms with E-state index in [4.69, 9.17) is 11.6 Å². The van der Waals surface area contributed by atoms with Gasteiger partial charge in [-0.05, 0) is 49.5 Å². The van der Waals surface area contributed by atoms with Crippen LogP contribution in [0.15, 0.2) is 54.1 Å². The summed E-state index contributed by atoms with van der Waals surface area (Å²) in [4.78, 5) is 13.0. The van der Waals surface area contributed by atoms with Gasteiger partial charge in [0.05, 0.1) is 0 Å². The lowest BCUT2D eigenvalue weighted by Gasteiger charge is -2.29. The molecular formula is C27H28ClN3O. The number of rotatable bonds is 5. The van der Waals surface area contributed by atoms with Crippen molar-refractivity contribution in [1.29, 1.82) is 5.26 Å². The molecule has 5 heteroatoms. The number of hydrogen-bond acceptors (Lipinski definition) is 2. The zero-order chi connectivity index (χ0) is 22.7. The van der Waals surface area contributed by atoms with Crippen LogP contribution in [-0.4, -0.2) is 16.5 Å². The number of para-hydroxylation sites is 1. The summed E-state index contributed by atoms with van der Waals surface area (Å²) in [5.74, 6) is 0.153. The second-order valence-electron chi connectivity index (χ2n) is 8.71. The summed E-state index contributed by atoms with van der Waals surface area (Å²) in [5, 5.41) is 14.6. The number of halogens is 1. The molecule has 1 aromatic heterocycles. The first-order chi connectivity index (χ1) is 15.5. The SMILES string of the molecule is Cc1c(/C=C(\C#N)C(=O)N[C@H]2CCCC[C@H]2C)c2ccccc2n1Cc1ccccc1Cl. The fraction of sp³-hybridized carbons (Fsp3) is 0.333. The number of carbonyl (C=O) groups excluding carboxylic acids is 1. The molecule has 4 nitrogen and oxygen atoms in total. The van der Waals surface area contributed by atoms with E-state index in [1.165, 1.54) is 6.42 Å². The molecule has 1 aliphatic carbocycles. The Balaban J connectivity index is 1.71. The minimum Gasteiger partial charge on any atom is -0.348 e. The number of aromatic nitrogens is 1. The van der Waals surface area contributed by atoms with Gasteiger partial charge in [-0.1, -0.05) is 67.8 Å². The molecule has 1 saturated carbocycles. The smallest absolute Gasteiger partial charge is 0.262 e. The van der Waals surface area contributed by atoms with E-state index < -0.39 is 0 Å². The van der Waals surface area contributed by atoms with Gasteiger partial charge < -0.3 is 9.88 Å². The van der Waals surface area contributed by atoms with Gasteiger partial charge in [0.1, 0.15) is 11.6 Å². The van der Waals surface area contributed by atoms with Crippen molar-refractivity contribution in [2.24, 2.45) is 5.92 Å². The van der Waals surface area contributed by atoms with Crippen molar-refractivity contribution < 1.29 is 4.79 Å². The fourth-order valence-corrected chi connectivity index (χ4v) is 4.91. The number of nitriles is 1. The highest BCUT2D eigenvalue weighted by atomic mass is 35.5. The molecule has 0 aliphatic heterocycles. The van der Waals surface area contributed by atoms with Gasteiger partial charge in [0, 0.05) is 39.8 Å². The first-order valence-corrected chi connectivity index (χ1v) is 11.6.